The quantitative estimate of drug-likeness (QED) is 0.624. The first-order chi connectivity index (χ1) is 15.2. The average molecular weight is 415 g/mol. The second-order valence-electron chi connectivity index (χ2n) is 7.29. The molecular weight excluding hydrogens is 390 g/mol. The molecule has 3 heterocycles. The third-order valence-corrected chi connectivity index (χ3v) is 5.26. The van der Waals surface area contributed by atoms with Crippen LogP contribution in [0.25, 0.3) is 11.0 Å². The van der Waals surface area contributed by atoms with Crippen LogP contribution in [0.15, 0.2) is 30.7 Å². The van der Waals surface area contributed by atoms with E-state index < -0.39 is 0 Å². The van der Waals surface area contributed by atoms with Crippen LogP contribution in [-0.2, 0) is 0 Å². The van der Waals surface area contributed by atoms with Gasteiger partial charge in [0.1, 0.15) is 29.2 Å². The van der Waals surface area contributed by atoms with Crippen LogP contribution in [0, 0.1) is 23.7 Å². The van der Waals surface area contributed by atoms with E-state index >= 15 is 0 Å². The predicted molar refractivity (Wildman–Crippen MR) is 121 cm³/mol. The standard InChI is InChI=1S/C24H25N5O2/c1-4-5-9-29-10-8-18(15-29)28-22-14-25-24-23(22)21(26-16-27-24)7-6-17-11-19(30-2)13-20(12-17)31-3/h11-14,16,18,28H,8-10,15H2,1-3H3,(H,25,26,27)/t18-/m0/s1. The summed E-state index contributed by atoms with van der Waals surface area (Å²) in [7, 11) is 3.24. The fourth-order valence-electron chi connectivity index (χ4n) is 3.69. The molecule has 158 valence electrons. The predicted octanol–water partition coefficient (Wildman–Crippen LogP) is 2.88. The molecule has 7 nitrogen and oxygen atoms in total. The molecule has 1 saturated heterocycles. The van der Waals surface area contributed by atoms with E-state index in [1.807, 2.05) is 31.3 Å². The van der Waals surface area contributed by atoms with Crippen LogP contribution in [0.3, 0.4) is 0 Å². The molecule has 2 N–H and O–H groups in total. The summed E-state index contributed by atoms with van der Waals surface area (Å²) in [5.41, 5.74) is 3.19. The summed E-state index contributed by atoms with van der Waals surface area (Å²) in [4.78, 5) is 14.4. The largest absolute Gasteiger partial charge is 0.497 e. The van der Waals surface area contributed by atoms with Crippen molar-refractivity contribution in [2.24, 2.45) is 0 Å². The zero-order chi connectivity index (χ0) is 21.6. The molecule has 0 bridgehead atoms. The van der Waals surface area contributed by atoms with E-state index in [4.69, 9.17) is 9.47 Å². The first-order valence-corrected chi connectivity index (χ1v) is 10.2. The van der Waals surface area contributed by atoms with E-state index in [0.717, 1.165) is 48.3 Å². The molecule has 2 aromatic heterocycles. The van der Waals surface area contributed by atoms with Crippen molar-refractivity contribution in [3.05, 3.63) is 42.0 Å². The van der Waals surface area contributed by atoms with Crippen molar-refractivity contribution >= 4 is 16.7 Å². The molecule has 4 rings (SSSR count). The van der Waals surface area contributed by atoms with E-state index in [9.17, 15) is 0 Å². The summed E-state index contributed by atoms with van der Waals surface area (Å²) >= 11 is 0. The fraction of sp³-hybridized carbons (Fsp3) is 0.333. The Hall–Kier alpha value is -3.68. The van der Waals surface area contributed by atoms with Gasteiger partial charge in [-0.15, -0.1) is 5.92 Å². The molecule has 1 aliphatic rings. The maximum Gasteiger partial charge on any atom is 0.144 e. The van der Waals surface area contributed by atoms with Gasteiger partial charge in [0, 0.05) is 37.0 Å². The molecule has 0 unspecified atom stereocenters. The van der Waals surface area contributed by atoms with Crippen molar-refractivity contribution in [1.82, 2.24) is 19.9 Å². The van der Waals surface area contributed by atoms with Crippen LogP contribution >= 0.6 is 0 Å². The summed E-state index contributed by atoms with van der Waals surface area (Å²) in [5.74, 6) is 13.9. The number of methoxy groups -OCH3 is 2. The number of fused-ring (bicyclic) bond motifs is 1. The number of H-pyrrole nitrogens is 1. The maximum atomic E-state index is 5.33. The molecule has 3 aromatic rings. The zero-order valence-corrected chi connectivity index (χ0v) is 18.0. The van der Waals surface area contributed by atoms with Gasteiger partial charge >= 0.3 is 0 Å². The summed E-state index contributed by atoms with van der Waals surface area (Å²) in [5, 5.41) is 4.54. The van der Waals surface area contributed by atoms with Crippen LogP contribution in [0.1, 0.15) is 24.6 Å². The highest BCUT2D eigenvalue weighted by atomic mass is 16.5. The lowest BCUT2D eigenvalue weighted by Gasteiger charge is -2.14. The summed E-state index contributed by atoms with van der Waals surface area (Å²) in [6.07, 6.45) is 4.53. The highest BCUT2D eigenvalue weighted by molar-refractivity contribution is 5.94. The Balaban J connectivity index is 1.60. The lowest BCUT2D eigenvalue weighted by molar-refractivity contribution is 0.380. The minimum Gasteiger partial charge on any atom is -0.497 e. The Morgan fingerprint density at radius 3 is 2.71 bits per heavy atom. The van der Waals surface area contributed by atoms with E-state index in [1.54, 1.807) is 14.2 Å². The minimum atomic E-state index is 0.348. The number of benzene rings is 1. The molecular formula is C24H25N5O2. The van der Waals surface area contributed by atoms with Crippen molar-refractivity contribution in [2.75, 3.05) is 39.2 Å². The zero-order valence-electron chi connectivity index (χ0n) is 18.0. The van der Waals surface area contributed by atoms with E-state index in [0.29, 0.717) is 23.2 Å². The molecule has 0 saturated carbocycles. The monoisotopic (exact) mass is 415 g/mol. The molecule has 1 aliphatic heterocycles. The van der Waals surface area contributed by atoms with Crippen LogP contribution in [-0.4, -0.2) is 59.7 Å². The van der Waals surface area contributed by atoms with E-state index in [2.05, 4.69) is 48.9 Å². The van der Waals surface area contributed by atoms with Gasteiger partial charge in [0.2, 0.25) is 0 Å². The lowest BCUT2D eigenvalue weighted by atomic mass is 10.1. The Bertz CT molecular complexity index is 1170. The van der Waals surface area contributed by atoms with Crippen LogP contribution in [0.4, 0.5) is 5.69 Å². The molecule has 1 aromatic carbocycles. The van der Waals surface area contributed by atoms with Gasteiger partial charge in [-0.3, -0.25) is 4.90 Å². The molecule has 1 atom stereocenters. The first-order valence-electron chi connectivity index (χ1n) is 10.2. The van der Waals surface area contributed by atoms with Gasteiger partial charge in [0.05, 0.1) is 31.8 Å². The van der Waals surface area contributed by atoms with Crippen molar-refractivity contribution in [1.29, 1.82) is 0 Å². The number of hydrogen-bond acceptors (Lipinski definition) is 6. The van der Waals surface area contributed by atoms with Gasteiger partial charge in [-0.2, -0.15) is 0 Å². The van der Waals surface area contributed by atoms with Gasteiger partial charge < -0.3 is 19.8 Å². The lowest BCUT2D eigenvalue weighted by Crippen LogP contribution is -2.26. The first kappa shape index (κ1) is 20.6. The number of anilines is 1. The second kappa shape index (κ2) is 9.42. The number of aromatic amines is 1. The summed E-state index contributed by atoms with van der Waals surface area (Å²) in [6.45, 7) is 4.68. The van der Waals surface area contributed by atoms with E-state index in [1.165, 1.54) is 6.33 Å². The van der Waals surface area contributed by atoms with Crippen molar-refractivity contribution in [3.63, 3.8) is 0 Å². The topological polar surface area (TPSA) is 75.3 Å². The number of hydrogen-bond donors (Lipinski definition) is 2. The van der Waals surface area contributed by atoms with Gasteiger partial charge in [-0.05, 0) is 31.4 Å². The van der Waals surface area contributed by atoms with E-state index in [-0.39, 0.29) is 0 Å². The van der Waals surface area contributed by atoms with Crippen LogP contribution in [0.2, 0.25) is 0 Å². The highest BCUT2D eigenvalue weighted by Crippen LogP contribution is 2.26. The third kappa shape index (κ3) is 4.74. The van der Waals surface area contributed by atoms with Gasteiger partial charge in [0.15, 0.2) is 0 Å². The number of likely N-dealkylation sites (tertiary alicyclic amines) is 1. The molecule has 31 heavy (non-hydrogen) atoms. The molecule has 0 amide bonds. The Morgan fingerprint density at radius 2 is 1.97 bits per heavy atom. The third-order valence-electron chi connectivity index (χ3n) is 5.26. The number of aromatic nitrogens is 3. The molecule has 0 aliphatic carbocycles. The minimum absolute atomic E-state index is 0.348. The molecule has 0 spiro atoms. The van der Waals surface area contributed by atoms with Crippen molar-refractivity contribution in [2.45, 2.75) is 19.4 Å². The van der Waals surface area contributed by atoms with Crippen LogP contribution < -0.4 is 14.8 Å². The highest BCUT2D eigenvalue weighted by Gasteiger charge is 2.23. The molecule has 1 fully saturated rings. The van der Waals surface area contributed by atoms with Gasteiger partial charge in [-0.1, -0.05) is 11.8 Å². The molecule has 0 radical (unpaired) electrons. The normalized spacial score (nSPS) is 15.6. The summed E-state index contributed by atoms with van der Waals surface area (Å²) < 4.78 is 10.7. The number of ether oxygens (including phenoxy) is 2. The van der Waals surface area contributed by atoms with Crippen molar-refractivity contribution < 1.29 is 9.47 Å². The van der Waals surface area contributed by atoms with Gasteiger partial charge in [-0.25, -0.2) is 9.97 Å². The summed E-state index contributed by atoms with van der Waals surface area (Å²) in [6, 6.07) is 5.91. The Morgan fingerprint density at radius 1 is 1.16 bits per heavy atom. The van der Waals surface area contributed by atoms with Crippen molar-refractivity contribution in [3.8, 4) is 35.2 Å². The Kier molecular flexibility index (Phi) is 6.26. The second-order valence-corrected chi connectivity index (χ2v) is 7.29. The smallest absolute Gasteiger partial charge is 0.144 e. The number of rotatable bonds is 5. The number of nitrogens with one attached hydrogen (secondary N) is 2. The van der Waals surface area contributed by atoms with Gasteiger partial charge in [0.25, 0.3) is 0 Å². The van der Waals surface area contributed by atoms with Crippen LogP contribution in [0.5, 0.6) is 11.5 Å². The average Bonchev–Trinajstić information content (AvgIpc) is 3.43. The fourth-order valence-corrected chi connectivity index (χ4v) is 3.69. The molecule has 7 heteroatoms. The number of nitrogens with zero attached hydrogens (tertiary/aromatic N) is 3. The maximum absolute atomic E-state index is 5.33. The SMILES string of the molecule is CC#CCN1CC[C@H](Nc2c[nH]c3ncnc(C#Cc4cc(OC)cc(OC)c4)c23)C1. The Labute approximate surface area is 182 Å².